The second kappa shape index (κ2) is 8.76. The Balaban J connectivity index is 1.92. The Bertz CT molecular complexity index is 951. The zero-order valence-electron chi connectivity index (χ0n) is 16.0. The van der Waals surface area contributed by atoms with E-state index in [0.29, 0.717) is 6.07 Å². The molecule has 11 heteroatoms. The van der Waals surface area contributed by atoms with Gasteiger partial charge < -0.3 is 10.6 Å². The number of carbonyl (C=O) groups is 1. The van der Waals surface area contributed by atoms with Crippen LogP contribution in [0, 0.1) is 24.0 Å². The fraction of sp³-hybridized carbons (Fsp3) is 0.333. The van der Waals surface area contributed by atoms with Gasteiger partial charge in [-0.1, -0.05) is 0 Å². The highest BCUT2D eigenvalue weighted by atomic mass is 19.4. The molecule has 156 valence electrons. The van der Waals surface area contributed by atoms with E-state index in [2.05, 4.69) is 15.7 Å². The van der Waals surface area contributed by atoms with Gasteiger partial charge in [0.2, 0.25) is 5.91 Å². The predicted molar refractivity (Wildman–Crippen MR) is 101 cm³/mol. The molecule has 1 aromatic carbocycles. The molecule has 0 fully saturated rings. The van der Waals surface area contributed by atoms with Crippen molar-refractivity contribution in [1.29, 1.82) is 0 Å². The van der Waals surface area contributed by atoms with Gasteiger partial charge in [-0.25, -0.2) is 0 Å². The monoisotopic (exact) mass is 411 g/mol. The SMILES string of the molecule is Cc1nn(C)c(C)c1/C=C/C(=O)NCCNc1ccc(C(F)(F)F)cc1[N+](=O)[O-]. The first kappa shape index (κ1) is 21.9. The van der Waals surface area contributed by atoms with Gasteiger partial charge in [0.25, 0.3) is 5.69 Å². The molecule has 0 spiro atoms. The number of anilines is 1. The molecule has 0 aliphatic rings. The normalized spacial score (nSPS) is 11.7. The number of aromatic nitrogens is 2. The molecule has 0 saturated heterocycles. The smallest absolute Gasteiger partial charge is 0.378 e. The van der Waals surface area contributed by atoms with E-state index < -0.39 is 22.4 Å². The molecule has 0 bridgehead atoms. The summed E-state index contributed by atoms with van der Waals surface area (Å²) in [6.07, 6.45) is -1.69. The Labute approximate surface area is 164 Å². The molecule has 0 aliphatic carbocycles. The van der Waals surface area contributed by atoms with E-state index in [1.807, 2.05) is 13.8 Å². The predicted octanol–water partition coefficient (Wildman–Crippen LogP) is 3.21. The van der Waals surface area contributed by atoms with Crippen molar-refractivity contribution in [2.45, 2.75) is 20.0 Å². The number of hydrogen-bond donors (Lipinski definition) is 2. The number of amides is 1. The molecular formula is C18H20F3N5O3. The highest BCUT2D eigenvalue weighted by Crippen LogP contribution is 2.34. The summed E-state index contributed by atoms with van der Waals surface area (Å²) in [4.78, 5) is 22.0. The van der Waals surface area contributed by atoms with E-state index in [-0.39, 0.29) is 24.7 Å². The summed E-state index contributed by atoms with van der Waals surface area (Å²) in [6, 6.07) is 2.23. The summed E-state index contributed by atoms with van der Waals surface area (Å²) in [6.45, 7) is 3.91. The van der Waals surface area contributed by atoms with E-state index in [0.717, 1.165) is 29.1 Å². The Morgan fingerprint density at radius 3 is 2.55 bits per heavy atom. The maximum Gasteiger partial charge on any atom is 0.416 e. The number of nitrogens with zero attached hydrogens (tertiary/aromatic N) is 3. The highest BCUT2D eigenvalue weighted by molar-refractivity contribution is 5.92. The van der Waals surface area contributed by atoms with Crippen LogP contribution in [-0.4, -0.2) is 33.7 Å². The Morgan fingerprint density at radius 2 is 2.00 bits per heavy atom. The minimum atomic E-state index is -4.67. The highest BCUT2D eigenvalue weighted by Gasteiger charge is 2.32. The van der Waals surface area contributed by atoms with Crippen LogP contribution in [0.25, 0.3) is 6.08 Å². The van der Waals surface area contributed by atoms with Gasteiger partial charge in [-0.2, -0.15) is 18.3 Å². The molecule has 0 saturated carbocycles. The lowest BCUT2D eigenvalue weighted by atomic mass is 10.1. The van der Waals surface area contributed by atoms with Crippen molar-refractivity contribution in [3.05, 3.63) is 56.9 Å². The molecule has 0 aliphatic heterocycles. The minimum Gasteiger partial charge on any atom is -0.378 e. The Kier molecular flexibility index (Phi) is 6.62. The van der Waals surface area contributed by atoms with Gasteiger partial charge in [0.1, 0.15) is 5.69 Å². The quantitative estimate of drug-likeness (QED) is 0.315. The zero-order chi connectivity index (χ0) is 21.8. The van der Waals surface area contributed by atoms with Crippen molar-refractivity contribution in [3.63, 3.8) is 0 Å². The van der Waals surface area contributed by atoms with E-state index >= 15 is 0 Å². The van der Waals surface area contributed by atoms with Crippen molar-refractivity contribution in [3.8, 4) is 0 Å². The van der Waals surface area contributed by atoms with Gasteiger partial charge in [0.05, 0.1) is 16.2 Å². The fourth-order valence-electron chi connectivity index (χ4n) is 2.64. The molecule has 2 aromatic rings. The largest absolute Gasteiger partial charge is 0.416 e. The summed E-state index contributed by atoms with van der Waals surface area (Å²) in [7, 11) is 1.80. The summed E-state index contributed by atoms with van der Waals surface area (Å²) in [5, 5.41) is 20.5. The first-order valence-electron chi connectivity index (χ1n) is 8.56. The van der Waals surface area contributed by atoms with Crippen LogP contribution in [0.4, 0.5) is 24.5 Å². The van der Waals surface area contributed by atoms with Crippen LogP contribution < -0.4 is 10.6 Å². The van der Waals surface area contributed by atoms with Crippen molar-refractivity contribution in [2.24, 2.45) is 7.05 Å². The number of rotatable bonds is 7. The van der Waals surface area contributed by atoms with E-state index in [1.54, 1.807) is 17.8 Å². The molecule has 29 heavy (non-hydrogen) atoms. The number of nitro groups is 1. The molecule has 1 amide bonds. The number of benzene rings is 1. The number of aryl methyl sites for hydroxylation is 2. The topological polar surface area (TPSA) is 102 Å². The van der Waals surface area contributed by atoms with Crippen molar-refractivity contribution < 1.29 is 22.9 Å². The van der Waals surface area contributed by atoms with Crippen molar-refractivity contribution >= 4 is 23.4 Å². The zero-order valence-corrected chi connectivity index (χ0v) is 16.0. The molecule has 2 rings (SSSR count). The number of halogens is 3. The van der Waals surface area contributed by atoms with Crippen LogP contribution in [0.3, 0.4) is 0 Å². The summed E-state index contributed by atoms with van der Waals surface area (Å²) < 4.78 is 39.8. The molecule has 0 radical (unpaired) electrons. The van der Waals surface area contributed by atoms with Gasteiger partial charge in [-0.15, -0.1) is 0 Å². The Morgan fingerprint density at radius 1 is 1.31 bits per heavy atom. The summed E-state index contributed by atoms with van der Waals surface area (Å²) in [5.41, 5.74) is 0.673. The molecule has 0 atom stereocenters. The average Bonchev–Trinajstić information content (AvgIpc) is 2.87. The molecule has 8 nitrogen and oxygen atoms in total. The van der Waals surface area contributed by atoms with E-state index in [1.165, 1.54) is 6.08 Å². The van der Waals surface area contributed by atoms with Crippen molar-refractivity contribution in [2.75, 3.05) is 18.4 Å². The third-order valence-corrected chi connectivity index (χ3v) is 4.23. The van der Waals surface area contributed by atoms with Crippen molar-refractivity contribution in [1.82, 2.24) is 15.1 Å². The van der Waals surface area contributed by atoms with Crippen LogP contribution in [0.5, 0.6) is 0 Å². The molecular weight excluding hydrogens is 391 g/mol. The third kappa shape index (κ3) is 5.56. The number of nitrogens with one attached hydrogen (secondary N) is 2. The van der Waals surface area contributed by atoms with Gasteiger partial charge >= 0.3 is 6.18 Å². The summed E-state index contributed by atoms with van der Waals surface area (Å²) in [5.74, 6) is -0.378. The van der Waals surface area contributed by atoms with Crippen LogP contribution in [0.2, 0.25) is 0 Å². The lowest BCUT2D eigenvalue weighted by Gasteiger charge is -2.10. The van der Waals surface area contributed by atoms with Gasteiger partial charge in [0, 0.05) is 43.5 Å². The lowest BCUT2D eigenvalue weighted by Crippen LogP contribution is -2.27. The fourth-order valence-corrected chi connectivity index (χ4v) is 2.64. The van der Waals surface area contributed by atoms with Crippen LogP contribution >= 0.6 is 0 Å². The number of carbonyl (C=O) groups excluding carboxylic acids is 1. The first-order chi connectivity index (χ1) is 13.5. The molecule has 2 N–H and O–H groups in total. The maximum atomic E-state index is 12.7. The summed E-state index contributed by atoms with van der Waals surface area (Å²) >= 11 is 0. The van der Waals surface area contributed by atoms with Crippen LogP contribution in [0.1, 0.15) is 22.5 Å². The maximum absolute atomic E-state index is 12.7. The Hall–Kier alpha value is -3.37. The number of nitro benzene ring substituents is 1. The second-order valence-corrected chi connectivity index (χ2v) is 6.25. The van der Waals surface area contributed by atoms with Crippen LogP contribution in [0.15, 0.2) is 24.3 Å². The molecule has 1 aromatic heterocycles. The lowest BCUT2D eigenvalue weighted by molar-refractivity contribution is -0.384. The van der Waals surface area contributed by atoms with Gasteiger partial charge in [0.15, 0.2) is 0 Å². The molecule has 0 unspecified atom stereocenters. The number of hydrogen-bond acceptors (Lipinski definition) is 5. The second-order valence-electron chi connectivity index (χ2n) is 6.25. The van der Waals surface area contributed by atoms with E-state index in [9.17, 15) is 28.1 Å². The molecule has 1 heterocycles. The van der Waals surface area contributed by atoms with Gasteiger partial charge in [-0.3, -0.25) is 19.6 Å². The van der Waals surface area contributed by atoms with E-state index in [4.69, 9.17) is 0 Å². The van der Waals surface area contributed by atoms with Crippen LogP contribution in [-0.2, 0) is 18.0 Å². The third-order valence-electron chi connectivity index (χ3n) is 4.23. The average molecular weight is 411 g/mol. The number of alkyl halides is 3. The van der Waals surface area contributed by atoms with Gasteiger partial charge in [-0.05, 0) is 32.1 Å². The minimum absolute atomic E-state index is 0.0607. The first-order valence-corrected chi connectivity index (χ1v) is 8.56. The standard InChI is InChI=1S/C18H20F3N5O3/c1-11-14(12(2)25(3)24-11)5-7-17(27)23-9-8-22-15-6-4-13(18(19,20)21)10-16(15)26(28)29/h4-7,10,22H,8-9H2,1-3H3,(H,23,27)/b7-5+.